The van der Waals surface area contributed by atoms with E-state index in [4.69, 9.17) is 66.8 Å². The van der Waals surface area contributed by atoms with Crippen molar-refractivity contribution in [2.75, 3.05) is 13.7 Å². The Bertz CT molecular complexity index is 5850. The van der Waals surface area contributed by atoms with Crippen LogP contribution in [0.25, 0.3) is 11.1 Å². The number of alkyl carbamates (subject to hydrolysis) is 1. The van der Waals surface area contributed by atoms with E-state index < -0.39 is 296 Å². The van der Waals surface area contributed by atoms with Gasteiger partial charge in [0.05, 0.1) is 44.6 Å². The lowest BCUT2D eigenvalue weighted by atomic mass is 9.54. The summed E-state index contributed by atoms with van der Waals surface area (Å²) in [4.78, 5) is 174. The smallest absolute Gasteiger partial charge is 0.410 e. The summed E-state index contributed by atoms with van der Waals surface area (Å²) in [5, 5.41) is 151. The minimum atomic E-state index is -2.48. The monoisotopic (exact) mass is 1940 g/mol. The number of fused-ring (bicyclic) bond motifs is 15. The number of halogens is 2. The van der Waals surface area contributed by atoms with E-state index in [1.165, 1.54) is 75.5 Å². The lowest BCUT2D eigenvalue weighted by Crippen LogP contribution is -2.66. The molecular formula is C92H100Cl2N12O31. The van der Waals surface area contributed by atoms with Crippen molar-refractivity contribution in [2.24, 2.45) is 35.3 Å². The number of nitrogens with one attached hydrogen (secondary N) is 8. The number of aromatic hydroxyl groups is 3. The summed E-state index contributed by atoms with van der Waals surface area (Å²) in [6, 6.07) is 8.20. The second-order valence-corrected chi connectivity index (χ2v) is 37.0. The van der Waals surface area contributed by atoms with Crippen molar-refractivity contribution in [1.82, 2.24) is 47.4 Å². The van der Waals surface area contributed by atoms with Crippen LogP contribution in [0.4, 0.5) is 21.0 Å². The number of carbonyl (C=O) groups excluding carboxylic acids is 10. The first-order chi connectivity index (χ1) is 65.1. The van der Waals surface area contributed by atoms with E-state index >= 15 is 33.6 Å². The molecule has 0 unspecified atom stereocenters. The van der Waals surface area contributed by atoms with Crippen LogP contribution in [-0.2, 0) is 75.3 Å². The molecule has 6 fully saturated rings. The molecule has 0 radical (unpaired) electrons. The fourth-order valence-electron chi connectivity index (χ4n) is 19.3. The van der Waals surface area contributed by atoms with Crippen LogP contribution in [0.5, 0.6) is 46.0 Å². The Kier molecular flexibility index (Phi) is 29.0. The third-order valence-electron chi connectivity index (χ3n) is 26.1. The number of nitrogens with two attached hydrogens (primary N) is 1. The van der Waals surface area contributed by atoms with Gasteiger partial charge < -0.3 is 132 Å². The zero-order valence-corrected chi connectivity index (χ0v) is 75.4. The van der Waals surface area contributed by atoms with Gasteiger partial charge in [-0.1, -0.05) is 55.2 Å². The molecule has 728 valence electrons. The van der Waals surface area contributed by atoms with Gasteiger partial charge in [-0.05, 0) is 200 Å². The Balaban J connectivity index is 0.871. The molecule has 0 aromatic heterocycles. The number of nitro groups is 2. The first-order valence-corrected chi connectivity index (χ1v) is 44.7. The predicted molar refractivity (Wildman–Crippen MR) is 475 cm³/mol. The molecule has 11 aliphatic rings. The van der Waals surface area contributed by atoms with Crippen molar-refractivity contribution in [3.8, 4) is 57.1 Å². The number of hydrogen-bond acceptors (Lipinski definition) is 31. The van der Waals surface area contributed by atoms with Gasteiger partial charge in [0.2, 0.25) is 59.3 Å². The summed E-state index contributed by atoms with van der Waals surface area (Å²) in [6.45, 7) is 4.17. The number of carbonyl (C=O) groups is 10. The van der Waals surface area contributed by atoms with Crippen LogP contribution in [0.2, 0.25) is 10.0 Å². The number of nitro benzene ring substituents is 2. The fourth-order valence-corrected chi connectivity index (χ4v) is 19.7. The molecule has 0 spiro atoms. The van der Waals surface area contributed by atoms with Gasteiger partial charge in [-0.15, -0.1) is 0 Å². The van der Waals surface area contributed by atoms with Crippen molar-refractivity contribution < 1.29 is 142 Å². The summed E-state index contributed by atoms with van der Waals surface area (Å²) in [7, 11) is 1.18. The Morgan fingerprint density at radius 1 is 0.635 bits per heavy atom. The molecular weight excluding hydrogens is 1840 g/mol. The highest BCUT2D eigenvalue weighted by Crippen LogP contribution is 2.55. The second-order valence-electron chi connectivity index (χ2n) is 36.1. The number of likely N-dealkylation sites (N-methyl/N-ethyl adjacent to an activating group) is 1. The van der Waals surface area contributed by atoms with Crippen molar-refractivity contribution >= 4 is 94.0 Å². The lowest BCUT2D eigenvalue weighted by Gasteiger charge is -2.54. The molecule has 19 N–H and O–H groups in total. The highest BCUT2D eigenvalue weighted by molar-refractivity contribution is 6.32. The molecule has 4 saturated carbocycles. The minimum absolute atomic E-state index is 0.0235. The first-order valence-electron chi connectivity index (χ1n) is 44.0. The summed E-state index contributed by atoms with van der Waals surface area (Å²) in [5.74, 6) is -15.4. The van der Waals surface area contributed by atoms with E-state index in [-0.39, 0.29) is 51.9 Å². The van der Waals surface area contributed by atoms with Crippen LogP contribution in [-0.4, -0.2) is 219 Å². The van der Waals surface area contributed by atoms with Gasteiger partial charge in [0.25, 0.3) is 11.4 Å². The molecule has 7 aromatic rings. The number of non-ortho nitro benzene ring substituents is 2. The normalized spacial score (nSPS) is 28.5. The SMILES string of the molecule is CC(C)C[C@H](C(=O)N[C@H]1C(=O)N[C@@H](CC(N)=O)C(=O)N[C@H]2C(=O)N[C@H]3C(=O)N[C@H](C(=O)N[C@H](C(=O)NC4C5CC6CC(C5)CC4C6)c4cc(O)cc(O)c4-c4cc3ccc4O)[C@H](O)c3ccc(c(Cl)c3)Oc3cc2cc(c3O[C@@H]2O[C@H](CO)[C@@H](O)[C@H](O)[C@H]2O[C@H]2C[C@](C)(NC(=O)OCc3ccc([N+](=O)[O-])cc3)[C@H](O)[C@H](C)O2)Oc2ccc(cc2Cl)[C@H]1O)N(C)C(=O)OCc1ccc([N+](=O)[O-])cc1. The van der Waals surface area contributed by atoms with Gasteiger partial charge in [0, 0.05) is 61.0 Å². The van der Waals surface area contributed by atoms with Crippen LogP contribution in [0, 0.1) is 49.8 Å². The van der Waals surface area contributed by atoms with E-state index in [2.05, 4.69) is 42.5 Å². The number of primary amides is 1. The van der Waals surface area contributed by atoms with E-state index in [0.29, 0.717) is 23.0 Å². The lowest BCUT2D eigenvalue weighted by molar-refractivity contribution is -0.385. The quantitative estimate of drug-likeness (QED) is 0.0299. The molecule has 10 amide bonds. The molecule has 7 heterocycles. The summed E-state index contributed by atoms with van der Waals surface area (Å²) in [6.07, 6.45) is -19.4. The number of phenolic OH excluding ortho intramolecular Hbond substituents is 3. The van der Waals surface area contributed by atoms with Gasteiger partial charge in [0.1, 0.15) is 121 Å². The molecule has 7 aliphatic heterocycles. The number of phenols is 3. The second kappa shape index (κ2) is 40.5. The van der Waals surface area contributed by atoms with Crippen LogP contribution in [0.1, 0.15) is 148 Å². The first kappa shape index (κ1) is 98.2. The van der Waals surface area contributed by atoms with Gasteiger partial charge in [-0.3, -0.25) is 63.5 Å². The van der Waals surface area contributed by atoms with E-state index in [1.807, 2.05) is 0 Å². The van der Waals surface area contributed by atoms with E-state index in [1.54, 1.807) is 13.8 Å². The van der Waals surface area contributed by atoms with Crippen LogP contribution in [0.3, 0.4) is 0 Å². The molecule has 43 nitrogen and oxygen atoms in total. The Hall–Kier alpha value is -13.3. The number of ether oxygens (including phenoxy) is 8. The largest absolute Gasteiger partial charge is 0.508 e. The summed E-state index contributed by atoms with van der Waals surface area (Å²) >= 11 is 14.5. The van der Waals surface area contributed by atoms with Crippen LogP contribution < -0.4 is 62.5 Å². The highest BCUT2D eigenvalue weighted by atomic mass is 35.5. The zero-order valence-electron chi connectivity index (χ0n) is 73.9. The van der Waals surface area contributed by atoms with Gasteiger partial charge in [0.15, 0.2) is 23.9 Å². The summed E-state index contributed by atoms with van der Waals surface area (Å²) < 4.78 is 50.3. The third-order valence-corrected chi connectivity index (χ3v) is 26.7. The maximum atomic E-state index is 16.6. The number of nitrogens with zero attached hydrogens (tertiary/aromatic N) is 3. The molecule has 15 bridgehead atoms. The van der Waals surface area contributed by atoms with Gasteiger partial charge in [-0.2, -0.15) is 0 Å². The maximum Gasteiger partial charge on any atom is 0.410 e. The van der Waals surface area contributed by atoms with Crippen molar-refractivity contribution in [3.63, 3.8) is 0 Å². The third kappa shape index (κ3) is 21.3. The van der Waals surface area contributed by atoms with Gasteiger partial charge in [-0.25, -0.2) is 9.59 Å². The number of aliphatic hydroxyl groups is 6. The molecule has 2 saturated heterocycles. The molecule has 18 rings (SSSR count). The van der Waals surface area contributed by atoms with E-state index in [0.717, 1.165) is 110 Å². The van der Waals surface area contributed by atoms with E-state index in [9.17, 15) is 80.6 Å². The molecule has 137 heavy (non-hydrogen) atoms. The zero-order chi connectivity index (χ0) is 98.4. The number of aliphatic hydroxyl groups excluding tert-OH is 6. The summed E-state index contributed by atoms with van der Waals surface area (Å²) in [5.41, 5.74) is 1.57. The van der Waals surface area contributed by atoms with Crippen molar-refractivity contribution in [1.29, 1.82) is 0 Å². The standard InChI is InChI=1S/C92H100Cl2N12O31/c1-38(2)20-58(104(5)91(125)131-37-41-8-15-51(16-9-41)106(128)129)83(118)101-73-75(112)45-11-18-61(55(93)27-45)133-63-29-49-30-64(79(63)137-89-80(78(115)77(114)65(35-107)135-89)136-67-34-92(4,81(116)39(3)132-67)103-90(124)130-36-40-6-13-50(14-7-40)105(126)127)134-62-19-12-46(28-56(62)94)76(113)74-88(123)100-72(86(121)97-69-47-22-42-21-43(24-47)25-48(69)23-42)54-31-52(108)32-60(110)68(54)53-26-44(10-17-59(53)109)70(84(119)102-74)99-85(120)71(49)98-82(117)57(33-66(95)111)96-87(73)122/h6-19,26-32,38-39,42-43,47-48,57-58,65,67,69-78,80-81,89,107-110,112-116H,20-25,33-37H2,1-5H3,(H2,95,111)(H,96,122)(H,97,121)(H,98,117)(H,99,120)(H,100,123)(H,101,118)(H,102,119)(H,103,124)/t39-,42?,43?,47?,48?,57-,58+,65+,67-,69?,70+,71+,72-,73+,74-,75+,76+,77+,78-,80+,81+,89-,92-/m0/s1. The maximum absolute atomic E-state index is 16.6. The van der Waals surface area contributed by atoms with Gasteiger partial charge >= 0.3 is 12.2 Å². The average molecular weight is 1940 g/mol. The van der Waals surface area contributed by atoms with Crippen LogP contribution >= 0.6 is 23.2 Å². The molecule has 45 heteroatoms. The molecule has 7 aromatic carbocycles. The Morgan fingerprint density at radius 2 is 1.20 bits per heavy atom. The average Bonchev–Trinajstić information content (AvgIpc) is 0.755. The Morgan fingerprint density at radius 3 is 1.78 bits per heavy atom. The van der Waals surface area contributed by atoms with Crippen LogP contribution in [0.15, 0.2) is 127 Å². The number of hydrogen-bond donors (Lipinski definition) is 18. The predicted octanol–water partition coefficient (Wildman–Crippen LogP) is 5.80. The number of amides is 10. The topological polar surface area (TPSA) is 638 Å². The Labute approximate surface area is 789 Å². The number of benzene rings is 7. The molecule has 4 aliphatic carbocycles. The fraction of sp³-hybridized carbons (Fsp3) is 0.435. The van der Waals surface area contributed by atoms with Crippen molar-refractivity contribution in [2.45, 2.75) is 208 Å². The molecule has 18 atom stereocenters. The van der Waals surface area contributed by atoms with Crippen molar-refractivity contribution in [3.05, 3.63) is 197 Å². The minimum Gasteiger partial charge on any atom is -0.508 e. The number of rotatable bonds is 21. The highest BCUT2D eigenvalue weighted by Gasteiger charge is 2.55.